The summed E-state index contributed by atoms with van der Waals surface area (Å²) in [5.41, 5.74) is 1.99. The zero-order chi connectivity index (χ0) is 35.9. The number of ether oxygens (including phenoxy) is 1. The Morgan fingerprint density at radius 3 is 2.12 bits per heavy atom. The summed E-state index contributed by atoms with van der Waals surface area (Å²) in [5, 5.41) is 1.18. The van der Waals surface area contributed by atoms with E-state index in [0.717, 1.165) is 16.8 Å². The highest BCUT2D eigenvalue weighted by atomic mass is 35.5. The van der Waals surface area contributed by atoms with E-state index in [1.807, 2.05) is 68.4 Å². The molecule has 3 aromatic rings. The van der Waals surface area contributed by atoms with Crippen LogP contribution < -0.4 is 4.74 Å². The third-order valence-electron chi connectivity index (χ3n) is 9.53. The molecule has 2 aliphatic rings. The molecule has 3 heterocycles. The Labute approximate surface area is 300 Å². The van der Waals surface area contributed by atoms with Gasteiger partial charge in [-0.25, -0.2) is 4.79 Å². The van der Waals surface area contributed by atoms with Crippen molar-refractivity contribution in [1.29, 1.82) is 0 Å². The molecule has 1 saturated heterocycles. The first-order chi connectivity index (χ1) is 23.0. The molecular formula is C36H46Cl2N6O4S. The van der Waals surface area contributed by atoms with Crippen molar-refractivity contribution in [2.45, 2.75) is 64.5 Å². The number of hydrogen-bond donors (Lipinski definition) is 0. The van der Waals surface area contributed by atoms with Crippen molar-refractivity contribution in [2.75, 3.05) is 46.9 Å². The number of aromatic nitrogens is 1. The van der Waals surface area contributed by atoms with E-state index in [1.165, 1.54) is 22.7 Å². The Hall–Kier alpha value is -3.22. The summed E-state index contributed by atoms with van der Waals surface area (Å²) in [6, 6.07) is 16.4. The minimum atomic E-state index is -3.64. The summed E-state index contributed by atoms with van der Waals surface area (Å²) < 4.78 is 34.8. The smallest absolute Gasteiger partial charge is 0.326 e. The monoisotopic (exact) mass is 728 g/mol. The Bertz CT molecular complexity index is 1800. The molecule has 2 aliphatic heterocycles. The largest absolute Gasteiger partial charge is 0.493 e. The molecule has 264 valence electrons. The zero-order valence-electron chi connectivity index (χ0n) is 29.4. The van der Waals surface area contributed by atoms with E-state index in [4.69, 9.17) is 37.9 Å². The number of piperazine rings is 1. The number of aliphatic imine (C=N–C) groups is 1. The van der Waals surface area contributed by atoms with Crippen LogP contribution in [0.25, 0.3) is 0 Å². The highest BCUT2D eigenvalue weighted by Crippen LogP contribution is 2.51. The molecule has 0 unspecified atom stereocenters. The number of benzene rings is 2. The van der Waals surface area contributed by atoms with Crippen LogP contribution in [-0.4, -0.2) is 96.6 Å². The first-order valence-electron chi connectivity index (χ1n) is 16.5. The van der Waals surface area contributed by atoms with Gasteiger partial charge in [0, 0.05) is 79.6 Å². The number of halogens is 2. The van der Waals surface area contributed by atoms with Gasteiger partial charge in [-0.1, -0.05) is 75.2 Å². The van der Waals surface area contributed by atoms with Crippen molar-refractivity contribution in [2.24, 2.45) is 4.99 Å². The van der Waals surface area contributed by atoms with Gasteiger partial charge in [0.1, 0.15) is 17.1 Å². The fraction of sp³-hybridized carbons (Fsp3) is 0.472. The lowest BCUT2D eigenvalue weighted by atomic mass is 9.70. The third kappa shape index (κ3) is 6.93. The first kappa shape index (κ1) is 37.0. The molecule has 13 heteroatoms. The van der Waals surface area contributed by atoms with Gasteiger partial charge in [-0.05, 0) is 49.2 Å². The summed E-state index contributed by atoms with van der Waals surface area (Å²) >= 11 is 12.8. The van der Waals surface area contributed by atoms with Crippen molar-refractivity contribution in [1.82, 2.24) is 23.4 Å². The molecule has 49 heavy (non-hydrogen) atoms. The molecule has 0 N–H and O–H groups in total. The zero-order valence-corrected chi connectivity index (χ0v) is 31.8. The number of nitrogens with zero attached hydrogens (tertiary/aromatic N) is 6. The Morgan fingerprint density at radius 1 is 1.02 bits per heavy atom. The minimum Gasteiger partial charge on any atom is -0.493 e. The molecule has 0 radical (unpaired) electrons. The topological polar surface area (TPSA) is 98.6 Å². The SMILES string of the molecule is CCOc1cc(C(C)(C)C)ncc1C1=N[C@H](C)[C@](c2ccc(Cl)cc2)([C@H](C)c2ccc(Cl)cc2)N1C(=O)N1CCN(S(=O)(=O)N(C)C)CC1. The number of carbonyl (C=O) groups is 1. The molecular weight excluding hydrogens is 683 g/mol. The Morgan fingerprint density at radius 2 is 1.59 bits per heavy atom. The average Bonchev–Trinajstić information content (AvgIpc) is 3.37. The van der Waals surface area contributed by atoms with Crippen LogP contribution in [0.2, 0.25) is 10.0 Å². The normalized spacial score (nSPS) is 21.2. The second kappa shape index (κ2) is 14.2. The molecule has 0 aliphatic carbocycles. The van der Waals surface area contributed by atoms with Crippen LogP contribution in [0.1, 0.15) is 69.8 Å². The standard InChI is InChI=1S/C36H46Cl2N6O4S/c1-9-48-31-22-32(35(4,5)6)39-23-30(31)33-40-25(3)36(27-12-16-29(38)17-13-27,24(2)26-10-14-28(37)15-11-26)44(33)34(45)42-18-20-43(21-19-42)49(46,47)41(7)8/h10-17,22-25H,9,18-21H2,1-8H3/t24-,25-,36+/m1/s1. The van der Waals surface area contributed by atoms with Crippen molar-refractivity contribution >= 4 is 45.3 Å². The van der Waals surface area contributed by atoms with Gasteiger partial charge >= 0.3 is 6.03 Å². The molecule has 0 saturated carbocycles. The average molecular weight is 730 g/mol. The molecule has 10 nitrogen and oxygen atoms in total. The number of carbonyl (C=O) groups excluding carboxylic acids is 1. The van der Waals surface area contributed by atoms with Gasteiger partial charge in [-0.3, -0.25) is 14.9 Å². The summed E-state index contributed by atoms with van der Waals surface area (Å²) in [6.07, 6.45) is 1.75. The van der Waals surface area contributed by atoms with Crippen molar-refractivity contribution < 1.29 is 17.9 Å². The van der Waals surface area contributed by atoms with E-state index in [-0.39, 0.29) is 43.5 Å². The van der Waals surface area contributed by atoms with Crippen molar-refractivity contribution in [3.05, 3.63) is 93.2 Å². The van der Waals surface area contributed by atoms with Crippen LogP contribution in [0.4, 0.5) is 4.79 Å². The van der Waals surface area contributed by atoms with E-state index >= 15 is 4.79 Å². The highest BCUT2D eigenvalue weighted by molar-refractivity contribution is 7.86. The maximum Gasteiger partial charge on any atom is 0.326 e. The molecule has 0 bridgehead atoms. The molecule has 0 spiro atoms. The van der Waals surface area contributed by atoms with E-state index in [0.29, 0.717) is 33.8 Å². The summed E-state index contributed by atoms with van der Waals surface area (Å²) in [5.74, 6) is 0.728. The van der Waals surface area contributed by atoms with Crippen LogP contribution in [-0.2, 0) is 21.2 Å². The molecule has 3 atom stereocenters. The fourth-order valence-electron chi connectivity index (χ4n) is 6.81. The van der Waals surface area contributed by atoms with Gasteiger partial charge in [0.15, 0.2) is 0 Å². The van der Waals surface area contributed by atoms with Crippen LogP contribution >= 0.6 is 23.2 Å². The second-order valence-corrected chi connectivity index (χ2v) is 16.8. The van der Waals surface area contributed by atoms with Gasteiger partial charge in [-0.2, -0.15) is 17.0 Å². The van der Waals surface area contributed by atoms with E-state index in [2.05, 4.69) is 27.7 Å². The Balaban J connectivity index is 1.72. The summed E-state index contributed by atoms with van der Waals surface area (Å²) in [6.45, 7) is 13.4. The van der Waals surface area contributed by atoms with Crippen LogP contribution in [0, 0.1) is 0 Å². The lowest BCUT2D eigenvalue weighted by Gasteiger charge is -2.48. The molecule has 2 amide bonds. The lowest BCUT2D eigenvalue weighted by molar-refractivity contribution is 0.101. The number of pyridine rings is 1. The van der Waals surface area contributed by atoms with Crippen LogP contribution in [0.15, 0.2) is 65.8 Å². The van der Waals surface area contributed by atoms with Gasteiger partial charge in [0.05, 0.1) is 18.2 Å². The van der Waals surface area contributed by atoms with E-state index in [9.17, 15) is 8.42 Å². The van der Waals surface area contributed by atoms with Crippen molar-refractivity contribution in [3.63, 3.8) is 0 Å². The maximum atomic E-state index is 15.2. The van der Waals surface area contributed by atoms with Crippen molar-refractivity contribution in [3.8, 4) is 5.75 Å². The third-order valence-corrected chi connectivity index (χ3v) is 12.0. The predicted octanol–water partition coefficient (Wildman–Crippen LogP) is 6.78. The molecule has 1 aromatic heterocycles. The van der Waals surface area contributed by atoms with E-state index < -0.39 is 21.8 Å². The number of amidine groups is 1. The number of amides is 2. The van der Waals surface area contributed by atoms with Gasteiger partial charge < -0.3 is 9.64 Å². The predicted molar refractivity (Wildman–Crippen MR) is 196 cm³/mol. The van der Waals surface area contributed by atoms with Gasteiger partial charge in [0.25, 0.3) is 10.2 Å². The van der Waals surface area contributed by atoms with Gasteiger partial charge in [0.2, 0.25) is 0 Å². The quantitative estimate of drug-likeness (QED) is 0.255. The molecule has 2 aromatic carbocycles. The minimum absolute atomic E-state index is 0.162. The second-order valence-electron chi connectivity index (χ2n) is 13.8. The van der Waals surface area contributed by atoms with E-state index in [1.54, 1.807) is 16.0 Å². The fourth-order valence-corrected chi connectivity index (χ4v) is 8.15. The summed E-state index contributed by atoms with van der Waals surface area (Å²) in [7, 11) is -0.621. The van der Waals surface area contributed by atoms with Crippen LogP contribution in [0.5, 0.6) is 5.75 Å². The van der Waals surface area contributed by atoms with Gasteiger partial charge in [-0.15, -0.1) is 0 Å². The number of urea groups is 1. The molecule has 5 rings (SSSR count). The highest BCUT2D eigenvalue weighted by Gasteiger charge is 2.57. The first-order valence-corrected chi connectivity index (χ1v) is 18.7. The van der Waals surface area contributed by atoms with Crippen LogP contribution in [0.3, 0.4) is 0 Å². The molecule has 1 fully saturated rings. The maximum absolute atomic E-state index is 15.2. The Kier molecular flexibility index (Phi) is 10.7. The summed E-state index contributed by atoms with van der Waals surface area (Å²) in [4.78, 5) is 28.9. The number of rotatable bonds is 8. The number of hydrogen-bond acceptors (Lipinski definition) is 6. The lowest BCUT2D eigenvalue weighted by Crippen LogP contribution is -2.62.